The minimum atomic E-state index is 0.0432. The molecule has 0 aliphatic carbocycles. The van der Waals surface area contributed by atoms with Gasteiger partial charge in [0.2, 0.25) is 0 Å². The lowest BCUT2D eigenvalue weighted by atomic mass is 9.98. The Bertz CT molecular complexity index is 837. The maximum atomic E-state index is 5.95. The lowest BCUT2D eigenvalue weighted by molar-refractivity contribution is 0.303. The molecule has 0 radical (unpaired) electrons. The van der Waals surface area contributed by atoms with E-state index in [-0.39, 0.29) is 5.41 Å². The maximum absolute atomic E-state index is 5.95. The summed E-state index contributed by atoms with van der Waals surface area (Å²) >= 11 is 0. The first-order valence-corrected chi connectivity index (χ1v) is 9.56. The standard InChI is InChI=1S/C25H31NO2/c1-25(2,3)15-7-6-8-16-26(4)19-21-11-9-14-24(17-21)28-20-22-12-10-13-23(18-22)27-5/h6,8-14,17-18H,16,19-20H2,1-5H3/b8-6+. The molecule has 0 fully saturated rings. The Morgan fingerprint density at radius 1 is 1.00 bits per heavy atom. The quantitative estimate of drug-likeness (QED) is 0.582. The molecule has 0 unspecified atom stereocenters. The van der Waals surface area contributed by atoms with Crippen molar-refractivity contribution in [2.75, 3.05) is 20.7 Å². The van der Waals surface area contributed by atoms with E-state index in [2.05, 4.69) is 62.8 Å². The minimum absolute atomic E-state index is 0.0432. The largest absolute Gasteiger partial charge is 0.497 e. The highest BCUT2D eigenvalue weighted by Gasteiger charge is 2.03. The van der Waals surface area contributed by atoms with Gasteiger partial charge in [-0.15, -0.1) is 0 Å². The highest BCUT2D eigenvalue weighted by Crippen LogP contribution is 2.18. The topological polar surface area (TPSA) is 21.7 Å². The summed E-state index contributed by atoms with van der Waals surface area (Å²) in [5.74, 6) is 8.04. The highest BCUT2D eigenvalue weighted by atomic mass is 16.5. The molecule has 2 rings (SSSR count). The lowest BCUT2D eigenvalue weighted by Crippen LogP contribution is -2.17. The van der Waals surface area contributed by atoms with Crippen LogP contribution in [0.3, 0.4) is 0 Å². The Morgan fingerprint density at radius 3 is 2.39 bits per heavy atom. The Morgan fingerprint density at radius 2 is 1.68 bits per heavy atom. The van der Waals surface area contributed by atoms with Crippen LogP contribution in [0.2, 0.25) is 0 Å². The van der Waals surface area contributed by atoms with Gasteiger partial charge < -0.3 is 9.47 Å². The van der Waals surface area contributed by atoms with Crippen molar-refractivity contribution in [3.05, 3.63) is 71.8 Å². The third-order valence-electron chi connectivity index (χ3n) is 3.96. The third-order valence-corrected chi connectivity index (χ3v) is 3.96. The number of ether oxygens (including phenoxy) is 2. The average molecular weight is 378 g/mol. The highest BCUT2D eigenvalue weighted by molar-refractivity contribution is 5.31. The Hall–Kier alpha value is -2.70. The van der Waals surface area contributed by atoms with Crippen LogP contribution in [-0.2, 0) is 13.2 Å². The van der Waals surface area contributed by atoms with Gasteiger partial charge in [-0.25, -0.2) is 0 Å². The van der Waals surface area contributed by atoms with Crippen LogP contribution in [0, 0.1) is 17.3 Å². The van der Waals surface area contributed by atoms with Gasteiger partial charge in [0.25, 0.3) is 0 Å². The van der Waals surface area contributed by atoms with E-state index in [1.54, 1.807) is 7.11 Å². The monoisotopic (exact) mass is 377 g/mol. The molecule has 0 amide bonds. The van der Waals surface area contributed by atoms with Gasteiger partial charge in [0, 0.05) is 18.5 Å². The zero-order valence-corrected chi connectivity index (χ0v) is 17.7. The molecule has 28 heavy (non-hydrogen) atoms. The van der Waals surface area contributed by atoms with Gasteiger partial charge >= 0.3 is 0 Å². The molecule has 0 N–H and O–H groups in total. The number of hydrogen-bond donors (Lipinski definition) is 0. The van der Waals surface area contributed by atoms with Crippen LogP contribution in [0.1, 0.15) is 31.9 Å². The fourth-order valence-corrected chi connectivity index (χ4v) is 2.59. The van der Waals surface area contributed by atoms with Gasteiger partial charge in [0.1, 0.15) is 18.1 Å². The van der Waals surface area contributed by atoms with Crippen molar-refractivity contribution >= 4 is 0 Å². The van der Waals surface area contributed by atoms with Crippen LogP contribution in [0.15, 0.2) is 60.7 Å². The molecule has 0 spiro atoms. The Kier molecular flexibility index (Phi) is 8.17. The third kappa shape index (κ3) is 8.33. The lowest BCUT2D eigenvalue weighted by Gasteiger charge is -2.15. The molecule has 0 heterocycles. The van der Waals surface area contributed by atoms with Crippen molar-refractivity contribution in [1.82, 2.24) is 4.90 Å². The second-order valence-corrected chi connectivity index (χ2v) is 7.91. The number of nitrogens with zero attached hydrogens (tertiary/aromatic N) is 1. The molecule has 0 saturated heterocycles. The molecule has 0 bridgehead atoms. The van der Waals surface area contributed by atoms with Gasteiger partial charge in [-0.05, 0) is 69.3 Å². The van der Waals surface area contributed by atoms with Gasteiger partial charge in [-0.1, -0.05) is 42.2 Å². The molecular weight excluding hydrogens is 346 g/mol. The second-order valence-electron chi connectivity index (χ2n) is 7.91. The van der Waals surface area contributed by atoms with E-state index in [9.17, 15) is 0 Å². The molecule has 2 aromatic rings. The van der Waals surface area contributed by atoms with E-state index < -0.39 is 0 Å². The molecule has 2 aromatic carbocycles. The molecular formula is C25H31NO2. The van der Waals surface area contributed by atoms with Crippen LogP contribution in [0.4, 0.5) is 0 Å². The molecule has 3 heteroatoms. The van der Waals surface area contributed by atoms with Gasteiger partial charge in [0.05, 0.1) is 7.11 Å². The number of methoxy groups -OCH3 is 1. The Balaban J connectivity index is 1.86. The van der Waals surface area contributed by atoms with Crippen LogP contribution in [-0.4, -0.2) is 25.6 Å². The van der Waals surface area contributed by atoms with Crippen molar-refractivity contribution < 1.29 is 9.47 Å². The summed E-state index contributed by atoms with van der Waals surface area (Å²) in [4.78, 5) is 2.25. The first-order valence-electron chi connectivity index (χ1n) is 9.56. The second kappa shape index (κ2) is 10.6. The average Bonchev–Trinajstić information content (AvgIpc) is 2.65. The van der Waals surface area contributed by atoms with Crippen molar-refractivity contribution in [3.63, 3.8) is 0 Å². The van der Waals surface area contributed by atoms with Crippen molar-refractivity contribution in [1.29, 1.82) is 0 Å². The van der Waals surface area contributed by atoms with Gasteiger partial charge in [-0.3, -0.25) is 4.90 Å². The van der Waals surface area contributed by atoms with E-state index >= 15 is 0 Å². The molecule has 0 aromatic heterocycles. The van der Waals surface area contributed by atoms with Crippen LogP contribution >= 0.6 is 0 Å². The van der Waals surface area contributed by atoms with Crippen molar-refractivity contribution in [2.24, 2.45) is 5.41 Å². The summed E-state index contributed by atoms with van der Waals surface area (Å²) in [6.45, 7) is 8.57. The number of benzene rings is 2. The molecule has 3 nitrogen and oxygen atoms in total. The van der Waals surface area contributed by atoms with Crippen molar-refractivity contribution in [3.8, 4) is 23.3 Å². The summed E-state index contributed by atoms with van der Waals surface area (Å²) in [5, 5.41) is 0. The fourth-order valence-electron chi connectivity index (χ4n) is 2.59. The zero-order chi connectivity index (χ0) is 20.4. The first-order chi connectivity index (χ1) is 13.4. The van der Waals surface area contributed by atoms with Crippen molar-refractivity contribution in [2.45, 2.75) is 33.9 Å². The number of rotatable bonds is 8. The maximum Gasteiger partial charge on any atom is 0.120 e. The van der Waals surface area contributed by atoms with E-state index in [4.69, 9.17) is 9.47 Å². The van der Waals surface area contributed by atoms with Gasteiger partial charge in [-0.2, -0.15) is 0 Å². The predicted octanol–water partition coefficient (Wildman–Crippen LogP) is 5.31. The van der Waals surface area contributed by atoms with E-state index in [0.29, 0.717) is 6.61 Å². The first kappa shape index (κ1) is 21.6. The summed E-state index contributed by atoms with van der Waals surface area (Å²) in [7, 11) is 3.78. The van der Waals surface area contributed by atoms with E-state index in [0.717, 1.165) is 30.2 Å². The summed E-state index contributed by atoms with van der Waals surface area (Å²) in [6.07, 6.45) is 4.04. The summed E-state index contributed by atoms with van der Waals surface area (Å²) < 4.78 is 11.2. The number of allylic oxidation sites excluding steroid dienone is 1. The molecule has 148 valence electrons. The van der Waals surface area contributed by atoms with Gasteiger partial charge in [0.15, 0.2) is 0 Å². The molecule has 0 atom stereocenters. The fraction of sp³-hybridized carbons (Fsp3) is 0.360. The summed E-state index contributed by atoms with van der Waals surface area (Å²) in [6, 6.07) is 16.2. The van der Waals surface area contributed by atoms with Crippen LogP contribution in [0.25, 0.3) is 0 Å². The normalized spacial score (nSPS) is 11.4. The Labute approximate surface area is 170 Å². The molecule has 0 aliphatic heterocycles. The van der Waals surface area contributed by atoms with E-state index in [1.807, 2.05) is 42.5 Å². The number of hydrogen-bond acceptors (Lipinski definition) is 3. The van der Waals surface area contributed by atoms with E-state index in [1.165, 1.54) is 5.56 Å². The minimum Gasteiger partial charge on any atom is -0.497 e. The van der Waals surface area contributed by atoms with Crippen LogP contribution in [0.5, 0.6) is 11.5 Å². The predicted molar refractivity (Wildman–Crippen MR) is 116 cm³/mol. The smallest absolute Gasteiger partial charge is 0.120 e. The van der Waals surface area contributed by atoms with Crippen LogP contribution < -0.4 is 9.47 Å². The molecule has 0 saturated carbocycles. The number of likely N-dealkylation sites (N-methyl/N-ethyl adjacent to an activating group) is 1. The SMILES string of the molecule is COc1cccc(COc2cccc(CN(C)C/C=C/C#CC(C)(C)C)c2)c1. The summed E-state index contributed by atoms with van der Waals surface area (Å²) in [5.41, 5.74) is 2.35. The zero-order valence-electron chi connectivity index (χ0n) is 17.7. The molecule has 0 aliphatic rings.